The van der Waals surface area contributed by atoms with Crippen molar-refractivity contribution in [1.82, 2.24) is 4.90 Å². The van der Waals surface area contributed by atoms with Gasteiger partial charge in [-0.15, -0.1) is 12.4 Å². The van der Waals surface area contributed by atoms with Crippen molar-refractivity contribution >= 4 is 18.3 Å². The van der Waals surface area contributed by atoms with Crippen molar-refractivity contribution in [1.29, 1.82) is 0 Å². The number of hydrogen-bond donors (Lipinski definition) is 1. The van der Waals surface area contributed by atoms with Crippen LogP contribution in [0, 0.1) is 0 Å². The summed E-state index contributed by atoms with van der Waals surface area (Å²) in [5, 5.41) is 0. The first-order valence-electron chi connectivity index (χ1n) is 6.86. The van der Waals surface area contributed by atoms with E-state index in [1.54, 1.807) is 6.92 Å². The molecule has 2 rings (SSSR count). The SMILES string of the molecule is C[C@H](N)C(=O)N(Cc1ccccc1)CC1CCCO1.Cl. The number of halogens is 1. The van der Waals surface area contributed by atoms with Gasteiger partial charge in [-0.1, -0.05) is 30.3 Å². The molecule has 5 heteroatoms. The average molecular weight is 299 g/mol. The Labute approximate surface area is 126 Å². The lowest BCUT2D eigenvalue weighted by Crippen LogP contribution is -2.44. The van der Waals surface area contributed by atoms with Crippen LogP contribution in [0.25, 0.3) is 0 Å². The number of nitrogens with zero attached hydrogens (tertiary/aromatic N) is 1. The third-order valence-corrected chi connectivity index (χ3v) is 3.37. The summed E-state index contributed by atoms with van der Waals surface area (Å²) in [5.41, 5.74) is 6.85. The van der Waals surface area contributed by atoms with Crippen molar-refractivity contribution in [2.24, 2.45) is 5.73 Å². The molecule has 0 saturated carbocycles. The molecule has 20 heavy (non-hydrogen) atoms. The number of ether oxygens (including phenoxy) is 1. The van der Waals surface area contributed by atoms with E-state index in [2.05, 4.69) is 0 Å². The molecular formula is C15H23ClN2O2. The predicted octanol–water partition coefficient (Wildman–Crippen LogP) is 1.96. The molecular weight excluding hydrogens is 276 g/mol. The van der Waals surface area contributed by atoms with Gasteiger partial charge in [-0.3, -0.25) is 4.79 Å². The molecule has 1 aromatic carbocycles. The summed E-state index contributed by atoms with van der Waals surface area (Å²) in [6.07, 6.45) is 2.26. The molecule has 1 unspecified atom stereocenters. The standard InChI is InChI=1S/C15H22N2O2.ClH/c1-12(16)15(18)17(11-14-8-5-9-19-14)10-13-6-3-2-4-7-13;/h2-4,6-7,12,14H,5,8-11,16H2,1H3;1H/t12-,14?;/m0./s1. The highest BCUT2D eigenvalue weighted by molar-refractivity contribution is 5.85. The van der Waals surface area contributed by atoms with Crippen LogP contribution in [0.4, 0.5) is 0 Å². The van der Waals surface area contributed by atoms with Crippen LogP contribution < -0.4 is 5.73 Å². The molecule has 2 atom stereocenters. The zero-order valence-corrected chi connectivity index (χ0v) is 12.6. The van der Waals surface area contributed by atoms with Crippen molar-refractivity contribution < 1.29 is 9.53 Å². The fraction of sp³-hybridized carbons (Fsp3) is 0.533. The maximum Gasteiger partial charge on any atom is 0.239 e. The van der Waals surface area contributed by atoms with Gasteiger partial charge in [0.15, 0.2) is 0 Å². The normalized spacial score (nSPS) is 19.2. The molecule has 0 spiro atoms. The van der Waals surface area contributed by atoms with Crippen molar-refractivity contribution in [3.63, 3.8) is 0 Å². The van der Waals surface area contributed by atoms with Gasteiger partial charge in [0.1, 0.15) is 0 Å². The highest BCUT2D eigenvalue weighted by atomic mass is 35.5. The number of carbonyl (C=O) groups is 1. The highest BCUT2D eigenvalue weighted by Crippen LogP contribution is 2.15. The summed E-state index contributed by atoms with van der Waals surface area (Å²) in [7, 11) is 0. The van der Waals surface area contributed by atoms with Gasteiger partial charge in [-0.2, -0.15) is 0 Å². The van der Waals surface area contributed by atoms with Gasteiger partial charge in [0, 0.05) is 19.7 Å². The van der Waals surface area contributed by atoms with Crippen LogP contribution in [0.2, 0.25) is 0 Å². The van der Waals surface area contributed by atoms with E-state index in [4.69, 9.17) is 10.5 Å². The summed E-state index contributed by atoms with van der Waals surface area (Å²) in [6.45, 7) is 3.77. The van der Waals surface area contributed by atoms with E-state index in [1.807, 2.05) is 35.2 Å². The fourth-order valence-electron chi connectivity index (χ4n) is 2.36. The molecule has 0 bridgehead atoms. The second-order valence-electron chi connectivity index (χ2n) is 5.13. The van der Waals surface area contributed by atoms with Crippen molar-refractivity contribution in [3.8, 4) is 0 Å². The number of carbonyl (C=O) groups excluding carboxylic acids is 1. The van der Waals surface area contributed by atoms with Gasteiger partial charge in [0.05, 0.1) is 12.1 Å². The summed E-state index contributed by atoms with van der Waals surface area (Å²) < 4.78 is 5.62. The molecule has 1 heterocycles. The lowest BCUT2D eigenvalue weighted by atomic mass is 10.1. The Morgan fingerprint density at radius 2 is 2.15 bits per heavy atom. The minimum atomic E-state index is -0.467. The van der Waals surface area contributed by atoms with E-state index >= 15 is 0 Å². The average Bonchev–Trinajstić information content (AvgIpc) is 2.91. The van der Waals surface area contributed by atoms with Crippen molar-refractivity contribution in [3.05, 3.63) is 35.9 Å². The maximum absolute atomic E-state index is 12.2. The van der Waals surface area contributed by atoms with Crippen molar-refractivity contribution in [2.45, 2.75) is 38.5 Å². The third kappa shape index (κ3) is 4.78. The largest absolute Gasteiger partial charge is 0.376 e. The number of hydrogen-bond acceptors (Lipinski definition) is 3. The summed E-state index contributed by atoms with van der Waals surface area (Å²) in [6, 6.07) is 9.52. The lowest BCUT2D eigenvalue weighted by Gasteiger charge is -2.27. The zero-order valence-electron chi connectivity index (χ0n) is 11.8. The summed E-state index contributed by atoms with van der Waals surface area (Å²) in [5.74, 6) is -0.0145. The molecule has 0 radical (unpaired) electrons. The maximum atomic E-state index is 12.2. The van der Waals surface area contributed by atoms with Gasteiger partial charge >= 0.3 is 0 Å². The number of nitrogens with two attached hydrogens (primary N) is 1. The smallest absolute Gasteiger partial charge is 0.239 e. The molecule has 0 aliphatic carbocycles. The van der Waals surface area contributed by atoms with Crippen LogP contribution >= 0.6 is 12.4 Å². The number of rotatable bonds is 5. The van der Waals surface area contributed by atoms with E-state index in [1.165, 1.54) is 0 Å². The zero-order chi connectivity index (χ0) is 13.7. The fourth-order valence-corrected chi connectivity index (χ4v) is 2.36. The molecule has 112 valence electrons. The Kier molecular flexibility index (Phi) is 6.99. The van der Waals surface area contributed by atoms with E-state index in [-0.39, 0.29) is 24.4 Å². The van der Waals surface area contributed by atoms with Gasteiger partial charge in [-0.05, 0) is 25.3 Å². The molecule has 1 aliphatic rings. The van der Waals surface area contributed by atoms with Gasteiger partial charge in [0.25, 0.3) is 0 Å². The Morgan fingerprint density at radius 3 is 2.70 bits per heavy atom. The lowest BCUT2D eigenvalue weighted by molar-refractivity contribution is -0.134. The van der Waals surface area contributed by atoms with Gasteiger partial charge in [0.2, 0.25) is 5.91 Å². The molecule has 1 aromatic rings. The van der Waals surface area contributed by atoms with E-state index in [9.17, 15) is 4.79 Å². The van der Waals surface area contributed by atoms with Crippen LogP contribution in [0.5, 0.6) is 0 Å². The second-order valence-corrected chi connectivity index (χ2v) is 5.13. The molecule has 1 amide bonds. The molecule has 0 aromatic heterocycles. The number of benzene rings is 1. The van der Waals surface area contributed by atoms with Gasteiger partial charge < -0.3 is 15.4 Å². The molecule has 1 fully saturated rings. The Hall–Kier alpha value is -1.10. The summed E-state index contributed by atoms with van der Waals surface area (Å²) >= 11 is 0. The van der Waals surface area contributed by atoms with Gasteiger partial charge in [-0.25, -0.2) is 0 Å². The molecule has 1 aliphatic heterocycles. The Balaban J connectivity index is 0.00000200. The van der Waals surface area contributed by atoms with E-state index in [0.29, 0.717) is 13.1 Å². The highest BCUT2D eigenvalue weighted by Gasteiger charge is 2.24. The minimum Gasteiger partial charge on any atom is -0.376 e. The number of amides is 1. The van der Waals surface area contributed by atoms with Crippen LogP contribution in [-0.2, 0) is 16.1 Å². The predicted molar refractivity (Wildman–Crippen MR) is 81.7 cm³/mol. The third-order valence-electron chi connectivity index (χ3n) is 3.37. The monoisotopic (exact) mass is 298 g/mol. The first-order valence-corrected chi connectivity index (χ1v) is 6.86. The van der Waals surface area contributed by atoms with Crippen LogP contribution in [0.3, 0.4) is 0 Å². The van der Waals surface area contributed by atoms with Crippen molar-refractivity contribution in [2.75, 3.05) is 13.2 Å². The van der Waals surface area contributed by atoms with Crippen LogP contribution in [-0.4, -0.2) is 36.1 Å². The second kappa shape index (κ2) is 8.25. The minimum absolute atomic E-state index is 0. The molecule has 2 N–H and O–H groups in total. The van der Waals surface area contributed by atoms with E-state index < -0.39 is 6.04 Å². The first kappa shape index (κ1) is 17.0. The molecule has 1 saturated heterocycles. The quantitative estimate of drug-likeness (QED) is 0.904. The van der Waals surface area contributed by atoms with Crippen LogP contribution in [0.1, 0.15) is 25.3 Å². The topological polar surface area (TPSA) is 55.6 Å². The first-order chi connectivity index (χ1) is 9.16. The summed E-state index contributed by atoms with van der Waals surface area (Å²) in [4.78, 5) is 14.0. The van der Waals surface area contributed by atoms with E-state index in [0.717, 1.165) is 25.0 Å². The molecule has 4 nitrogen and oxygen atoms in total. The Bertz CT molecular complexity index is 406. The van der Waals surface area contributed by atoms with Crippen LogP contribution in [0.15, 0.2) is 30.3 Å². The Morgan fingerprint density at radius 1 is 1.45 bits per heavy atom.